The third-order valence-corrected chi connectivity index (χ3v) is 9.27. The van der Waals surface area contributed by atoms with Gasteiger partial charge < -0.3 is 35.5 Å². The molecular formula is C34H49N5O7. The number of amides is 3. The first-order chi connectivity index (χ1) is 22.1. The van der Waals surface area contributed by atoms with Crippen LogP contribution in [0.3, 0.4) is 0 Å². The molecule has 3 amide bonds. The smallest absolute Gasteiger partial charge is 0.410 e. The molecular weight excluding hydrogens is 590 g/mol. The number of nitrogens with two attached hydrogens (primary N) is 1. The molecule has 46 heavy (non-hydrogen) atoms. The van der Waals surface area contributed by atoms with Crippen LogP contribution in [-0.2, 0) is 36.9 Å². The highest BCUT2D eigenvalue weighted by molar-refractivity contribution is 5.96. The van der Waals surface area contributed by atoms with Crippen molar-refractivity contribution >= 4 is 23.9 Å². The summed E-state index contributed by atoms with van der Waals surface area (Å²) >= 11 is 0. The topological polar surface area (TPSA) is 153 Å². The van der Waals surface area contributed by atoms with Crippen molar-refractivity contribution < 1.29 is 33.4 Å². The molecule has 4 aliphatic rings. The lowest BCUT2D eigenvalue weighted by atomic mass is 10.1. The molecule has 4 N–H and O–H groups in total. The summed E-state index contributed by atoms with van der Waals surface area (Å²) in [7, 11) is 0. The van der Waals surface area contributed by atoms with Gasteiger partial charge in [-0.05, 0) is 55.9 Å². The van der Waals surface area contributed by atoms with Gasteiger partial charge in [0.25, 0.3) is 0 Å². The van der Waals surface area contributed by atoms with E-state index >= 15 is 0 Å². The van der Waals surface area contributed by atoms with Gasteiger partial charge in [0, 0.05) is 38.0 Å². The zero-order valence-electron chi connectivity index (χ0n) is 27.3. The number of fused-ring (bicyclic) bond motifs is 3. The molecule has 12 nitrogen and oxygen atoms in total. The van der Waals surface area contributed by atoms with Crippen molar-refractivity contribution in [1.29, 1.82) is 0 Å². The Bertz CT molecular complexity index is 1320. The van der Waals surface area contributed by atoms with Gasteiger partial charge in [-0.25, -0.2) is 9.59 Å². The lowest BCUT2D eigenvalue weighted by Crippen LogP contribution is -2.55. The number of carbonyl (C=O) groups excluding carboxylic acids is 4. The quantitative estimate of drug-likeness (QED) is 0.222. The van der Waals surface area contributed by atoms with Gasteiger partial charge in [-0.1, -0.05) is 44.9 Å². The predicted molar refractivity (Wildman–Crippen MR) is 171 cm³/mol. The number of benzene rings is 1. The van der Waals surface area contributed by atoms with Crippen LogP contribution < -0.4 is 21.1 Å². The Morgan fingerprint density at radius 3 is 2.74 bits per heavy atom. The van der Waals surface area contributed by atoms with E-state index in [0.29, 0.717) is 38.6 Å². The number of esters is 1. The van der Waals surface area contributed by atoms with Crippen LogP contribution in [0.15, 0.2) is 30.4 Å². The lowest BCUT2D eigenvalue weighted by molar-refractivity contribution is -0.150. The third kappa shape index (κ3) is 7.83. The highest BCUT2D eigenvalue weighted by Crippen LogP contribution is 2.46. The van der Waals surface area contributed by atoms with Gasteiger partial charge in [0.05, 0.1) is 19.2 Å². The Morgan fingerprint density at radius 1 is 1.15 bits per heavy atom. The van der Waals surface area contributed by atoms with Crippen LogP contribution in [0.1, 0.15) is 76.8 Å². The van der Waals surface area contributed by atoms with E-state index in [4.69, 9.17) is 19.9 Å². The molecule has 0 spiro atoms. The summed E-state index contributed by atoms with van der Waals surface area (Å²) in [6.07, 6.45) is 7.36. The molecule has 5 rings (SSSR count). The number of nitrogens with one attached hydrogen (secondary N) is 2. The van der Waals surface area contributed by atoms with Crippen LogP contribution in [-0.4, -0.2) is 89.7 Å². The van der Waals surface area contributed by atoms with Gasteiger partial charge in [-0.3, -0.25) is 14.5 Å². The zero-order chi connectivity index (χ0) is 32.8. The average Bonchev–Trinajstić information content (AvgIpc) is 3.33. The summed E-state index contributed by atoms with van der Waals surface area (Å²) in [6, 6.07) is 4.50. The first-order valence-corrected chi connectivity index (χ1v) is 16.8. The Hall–Kier alpha value is -3.64. The van der Waals surface area contributed by atoms with Gasteiger partial charge in [-0.2, -0.15) is 0 Å². The van der Waals surface area contributed by atoms with Crippen LogP contribution in [0, 0.1) is 5.92 Å². The van der Waals surface area contributed by atoms with E-state index in [1.54, 1.807) is 11.8 Å². The molecule has 0 aromatic heterocycles. The lowest BCUT2D eigenvalue weighted by Gasteiger charge is -2.28. The van der Waals surface area contributed by atoms with Crippen molar-refractivity contribution in [2.24, 2.45) is 11.7 Å². The van der Waals surface area contributed by atoms with E-state index < -0.39 is 41.7 Å². The van der Waals surface area contributed by atoms with Gasteiger partial charge >= 0.3 is 12.1 Å². The van der Waals surface area contributed by atoms with E-state index in [9.17, 15) is 19.2 Å². The van der Waals surface area contributed by atoms with Crippen molar-refractivity contribution in [2.75, 3.05) is 26.3 Å². The molecule has 12 heteroatoms. The fourth-order valence-corrected chi connectivity index (χ4v) is 6.61. The highest BCUT2D eigenvalue weighted by Gasteiger charge is 2.62. The van der Waals surface area contributed by atoms with E-state index in [-0.39, 0.29) is 31.4 Å². The minimum atomic E-state index is -1.16. The van der Waals surface area contributed by atoms with Gasteiger partial charge in [0.2, 0.25) is 11.8 Å². The maximum atomic E-state index is 13.8. The highest BCUT2D eigenvalue weighted by atomic mass is 16.6. The monoisotopic (exact) mass is 639 g/mol. The Kier molecular flexibility index (Phi) is 10.9. The average molecular weight is 640 g/mol. The second-order valence-corrected chi connectivity index (χ2v) is 13.2. The minimum Gasteiger partial charge on any atom is -0.492 e. The van der Waals surface area contributed by atoms with Crippen LogP contribution >= 0.6 is 0 Å². The number of nitrogens with zero attached hydrogens (tertiary/aromatic N) is 2. The molecule has 252 valence electrons. The number of allylic oxidation sites excluding steroid dienone is 1. The fraction of sp³-hybridized carbons (Fsp3) is 0.647. The Labute approximate surface area is 271 Å². The minimum absolute atomic E-state index is 0.0509. The number of rotatable bonds is 8. The maximum Gasteiger partial charge on any atom is 0.410 e. The Morgan fingerprint density at radius 2 is 1.96 bits per heavy atom. The molecule has 1 saturated carbocycles. The van der Waals surface area contributed by atoms with Crippen molar-refractivity contribution in [3.63, 3.8) is 0 Å². The summed E-state index contributed by atoms with van der Waals surface area (Å²) in [5.74, 6) is -0.736. The van der Waals surface area contributed by atoms with Gasteiger partial charge in [-0.15, -0.1) is 0 Å². The van der Waals surface area contributed by atoms with Crippen LogP contribution in [0.25, 0.3) is 0 Å². The first kappa shape index (κ1) is 33.7. The van der Waals surface area contributed by atoms with E-state index in [0.717, 1.165) is 49.1 Å². The normalized spacial score (nSPS) is 28.7. The number of hydrogen-bond acceptors (Lipinski definition) is 9. The number of ether oxygens (including phenoxy) is 3. The summed E-state index contributed by atoms with van der Waals surface area (Å²) < 4.78 is 17.1. The molecule has 0 bridgehead atoms. The number of carbonyl (C=O) groups is 4. The van der Waals surface area contributed by atoms with E-state index in [2.05, 4.69) is 30.6 Å². The molecule has 0 unspecified atom stereocenters. The molecule has 3 aliphatic heterocycles. The summed E-state index contributed by atoms with van der Waals surface area (Å²) in [5.41, 5.74) is 7.17. The second kappa shape index (κ2) is 14.8. The molecule has 1 aromatic rings. The predicted octanol–water partition coefficient (Wildman–Crippen LogP) is 2.77. The molecule has 3 heterocycles. The van der Waals surface area contributed by atoms with Crippen molar-refractivity contribution in [1.82, 2.24) is 20.4 Å². The third-order valence-electron chi connectivity index (χ3n) is 9.27. The van der Waals surface area contributed by atoms with E-state index in [1.807, 2.05) is 24.3 Å². The van der Waals surface area contributed by atoms with Crippen molar-refractivity contribution in [3.05, 3.63) is 41.5 Å². The van der Waals surface area contributed by atoms with Crippen molar-refractivity contribution in [2.45, 2.75) is 109 Å². The second-order valence-electron chi connectivity index (χ2n) is 13.2. The van der Waals surface area contributed by atoms with Crippen LogP contribution in [0.2, 0.25) is 0 Å². The van der Waals surface area contributed by atoms with Crippen LogP contribution in [0.5, 0.6) is 5.75 Å². The SMILES string of the molecule is CCOC(=O)[C@@]12C[C@@H]1/C=C\CCCCC[C@H](N)C(=O)N1C[C@H](OC(=O)N3Cc4ccc(OCCNC(C)C)cc4C3)C[C@H]1C(=O)N2. The zero-order valence-corrected chi connectivity index (χ0v) is 27.3. The van der Waals surface area contributed by atoms with E-state index in [1.165, 1.54) is 4.90 Å². The molecule has 1 aliphatic carbocycles. The molecule has 1 saturated heterocycles. The standard InChI is InChI=1S/C34H49N5O7/c1-4-44-32(42)34-18-25(34)10-8-6-5-7-9-11-28(35)31(41)39-21-27(17-29(39)30(40)37-34)46-33(43)38-19-23-12-13-26(16-24(23)20-38)45-15-14-36-22(2)3/h8,10,12-13,16,22,25,27-29,36H,4-7,9,11,14-15,17-21,35H2,1-3H3,(H,37,40)/b10-8-/t25-,27+,28-,29-,34+/m0/s1. The van der Waals surface area contributed by atoms with Crippen molar-refractivity contribution in [3.8, 4) is 5.75 Å². The Balaban J connectivity index is 1.25. The molecule has 1 aromatic carbocycles. The first-order valence-electron chi connectivity index (χ1n) is 16.8. The number of hydrogen-bond donors (Lipinski definition) is 3. The van der Waals surface area contributed by atoms with Gasteiger partial charge in [0.1, 0.15) is 30.0 Å². The maximum absolute atomic E-state index is 13.8. The molecule has 5 atom stereocenters. The fourth-order valence-electron chi connectivity index (χ4n) is 6.61. The molecule has 2 fully saturated rings. The summed E-state index contributed by atoms with van der Waals surface area (Å²) in [4.78, 5) is 56.8. The largest absolute Gasteiger partial charge is 0.492 e. The van der Waals surface area contributed by atoms with Crippen LogP contribution in [0.4, 0.5) is 4.79 Å². The summed E-state index contributed by atoms with van der Waals surface area (Å²) in [5, 5.41) is 6.25. The molecule has 0 radical (unpaired) electrons. The summed E-state index contributed by atoms with van der Waals surface area (Å²) in [6.45, 7) is 8.18. The van der Waals surface area contributed by atoms with Gasteiger partial charge in [0.15, 0.2) is 0 Å².